The number of para-hydroxylation sites is 1. The van der Waals surface area contributed by atoms with Crippen molar-refractivity contribution in [1.29, 1.82) is 0 Å². The number of rotatable bonds is 13. The first-order valence-electron chi connectivity index (χ1n) is 19.9. The average Bonchev–Trinajstić information content (AvgIpc) is 3.72. The topological polar surface area (TPSA) is 133 Å². The van der Waals surface area contributed by atoms with Gasteiger partial charge in [-0.3, -0.25) is 14.4 Å². The summed E-state index contributed by atoms with van der Waals surface area (Å²) >= 11 is 0. The Bertz CT molecular complexity index is 1690. The number of nitrogens with zero attached hydrogens (tertiary/aromatic N) is 2. The Hall–Kier alpha value is -3.22. The van der Waals surface area contributed by atoms with Crippen LogP contribution >= 0.6 is 0 Å². The third-order valence-electron chi connectivity index (χ3n) is 12.8. The number of amides is 2. The van der Waals surface area contributed by atoms with E-state index in [4.69, 9.17) is 14.3 Å². The van der Waals surface area contributed by atoms with E-state index >= 15 is 0 Å². The maximum absolute atomic E-state index is 14.3. The lowest BCUT2D eigenvalue weighted by molar-refractivity contribution is -0.183. The van der Waals surface area contributed by atoms with Gasteiger partial charge in [0.05, 0.1) is 38.5 Å². The van der Waals surface area contributed by atoms with Gasteiger partial charge in [0.15, 0.2) is 0 Å². The van der Waals surface area contributed by atoms with E-state index in [1.54, 1.807) is 19.1 Å². The van der Waals surface area contributed by atoms with Crippen LogP contribution in [0.5, 0.6) is 11.5 Å². The molecule has 9 atom stereocenters. The molecule has 0 spiro atoms. The van der Waals surface area contributed by atoms with Crippen LogP contribution in [-0.2, 0) is 22.6 Å². The van der Waals surface area contributed by atoms with Gasteiger partial charge < -0.3 is 35.2 Å². The minimum Gasteiger partial charge on any atom is -0.496 e. The lowest BCUT2D eigenvalue weighted by atomic mass is 9.45. The van der Waals surface area contributed by atoms with Gasteiger partial charge in [-0.05, 0) is 92.1 Å². The summed E-state index contributed by atoms with van der Waals surface area (Å²) in [7, 11) is 5.64. The number of methoxy groups -OCH3 is 1. The van der Waals surface area contributed by atoms with Crippen molar-refractivity contribution in [2.45, 2.75) is 111 Å². The predicted molar refractivity (Wildman–Crippen MR) is 209 cm³/mol. The van der Waals surface area contributed by atoms with Gasteiger partial charge in [-0.1, -0.05) is 59.7 Å². The molecule has 1 saturated heterocycles. The van der Waals surface area contributed by atoms with Gasteiger partial charge in [-0.15, -0.1) is 0 Å². The number of hydrogen-bond donors (Lipinski definition) is 4. The van der Waals surface area contributed by atoms with Gasteiger partial charge in [0.2, 0.25) is 5.91 Å². The molecule has 0 aromatic heterocycles. The highest BCUT2D eigenvalue weighted by Gasteiger charge is 2.57. The van der Waals surface area contributed by atoms with Gasteiger partial charge in [-0.25, -0.2) is 0 Å². The van der Waals surface area contributed by atoms with Crippen molar-refractivity contribution >= 4 is 11.8 Å². The molecule has 2 bridgehead atoms. The Kier molecular flexibility index (Phi) is 11.8. The average molecular weight is 749 g/mol. The quantitative estimate of drug-likeness (QED) is 0.222. The van der Waals surface area contributed by atoms with Crippen LogP contribution in [0.25, 0.3) is 11.1 Å². The molecule has 298 valence electrons. The highest BCUT2D eigenvalue weighted by molar-refractivity contribution is 5.99. The van der Waals surface area contributed by atoms with Crippen LogP contribution in [0, 0.1) is 34.5 Å². The van der Waals surface area contributed by atoms with E-state index in [1.807, 2.05) is 38.4 Å². The van der Waals surface area contributed by atoms with Crippen molar-refractivity contribution in [2.24, 2.45) is 34.5 Å². The molecule has 2 aromatic rings. The summed E-state index contributed by atoms with van der Waals surface area (Å²) in [5.74, 6) is 1.67. The highest BCUT2D eigenvalue weighted by Crippen LogP contribution is 2.61. The molecule has 4 N–H and O–H groups in total. The number of nitrogens with one attached hydrogen (secondary N) is 2. The fourth-order valence-corrected chi connectivity index (χ4v) is 10.1. The van der Waals surface area contributed by atoms with E-state index in [9.17, 15) is 19.8 Å². The van der Waals surface area contributed by atoms with Gasteiger partial charge in [-0.2, -0.15) is 5.06 Å². The van der Waals surface area contributed by atoms with E-state index in [0.717, 1.165) is 35.1 Å². The molecule has 3 saturated carbocycles. The van der Waals surface area contributed by atoms with E-state index in [1.165, 1.54) is 6.42 Å². The number of aliphatic hydroxyl groups is 2. The first kappa shape index (κ1) is 40.4. The van der Waals surface area contributed by atoms with Gasteiger partial charge in [0, 0.05) is 42.1 Å². The van der Waals surface area contributed by atoms with Crippen LogP contribution in [-0.4, -0.2) is 103 Å². The Balaban J connectivity index is 1.29. The number of likely N-dealkylation sites (N-methyl/N-ethyl adjacent to an activating group) is 1. The molecular weight excluding hydrogens is 684 g/mol. The number of hydroxylamine groups is 2. The highest BCUT2D eigenvalue weighted by atomic mass is 16.7. The molecule has 4 fully saturated rings. The molecule has 2 aromatic carbocycles. The smallest absolute Gasteiger partial charge is 0.255 e. The van der Waals surface area contributed by atoms with Gasteiger partial charge in [0.25, 0.3) is 5.91 Å². The van der Waals surface area contributed by atoms with Gasteiger partial charge in [0.1, 0.15) is 23.6 Å². The zero-order valence-corrected chi connectivity index (χ0v) is 34.1. The van der Waals surface area contributed by atoms with E-state index in [2.05, 4.69) is 63.1 Å². The molecule has 11 nitrogen and oxygen atoms in total. The van der Waals surface area contributed by atoms with Crippen molar-refractivity contribution in [3.63, 3.8) is 0 Å². The van der Waals surface area contributed by atoms with Crippen LogP contribution in [0.4, 0.5) is 0 Å². The summed E-state index contributed by atoms with van der Waals surface area (Å²) in [6, 6.07) is 8.95. The molecule has 0 radical (unpaired) electrons. The normalized spacial score (nSPS) is 28.5. The summed E-state index contributed by atoms with van der Waals surface area (Å²) in [5.41, 5.74) is 4.15. The SMILES string of the molecule is COc1c(CN2O[C@@H](CO)[C@@H]([C@H](C)O)[C@H]2C(=O)NC2C[C@@H]3C[C@H]([C@@H]2C)C3(C)C)cccc1-c1cc2c(c(C(=O)N[C@H](CN(C)C)CC(C)(C)C)c1)OCC2. The predicted octanol–water partition coefficient (Wildman–Crippen LogP) is 5.05. The van der Waals surface area contributed by atoms with Crippen LogP contribution in [0.1, 0.15) is 89.2 Å². The third kappa shape index (κ3) is 8.03. The molecule has 11 heteroatoms. The Morgan fingerprint density at radius 1 is 1.17 bits per heavy atom. The van der Waals surface area contributed by atoms with Crippen molar-refractivity contribution in [2.75, 3.05) is 41.0 Å². The van der Waals surface area contributed by atoms with Gasteiger partial charge >= 0.3 is 0 Å². The van der Waals surface area contributed by atoms with Crippen molar-refractivity contribution < 1.29 is 34.1 Å². The lowest BCUT2D eigenvalue weighted by Crippen LogP contribution is -2.62. The van der Waals surface area contributed by atoms with Crippen LogP contribution < -0.4 is 20.1 Å². The molecule has 2 aliphatic heterocycles. The molecular formula is C43H64N4O7. The zero-order chi connectivity index (χ0) is 39.3. The number of ether oxygens (including phenoxy) is 2. The van der Waals surface area contributed by atoms with E-state index < -0.39 is 24.2 Å². The minimum atomic E-state index is -0.897. The Labute approximate surface area is 322 Å². The molecule has 3 aliphatic carbocycles. The molecule has 1 unspecified atom stereocenters. The fourth-order valence-electron chi connectivity index (χ4n) is 10.1. The molecule has 2 heterocycles. The first-order chi connectivity index (χ1) is 25.4. The molecule has 2 amide bonds. The number of aliphatic hydroxyl groups excluding tert-OH is 2. The zero-order valence-electron chi connectivity index (χ0n) is 34.1. The molecule has 54 heavy (non-hydrogen) atoms. The first-order valence-corrected chi connectivity index (χ1v) is 19.9. The minimum absolute atomic E-state index is 0.0268. The third-order valence-corrected chi connectivity index (χ3v) is 12.8. The second-order valence-corrected chi connectivity index (χ2v) is 18.5. The number of hydrogen-bond acceptors (Lipinski definition) is 9. The molecule has 5 aliphatic rings. The Morgan fingerprint density at radius 3 is 2.52 bits per heavy atom. The molecule has 7 rings (SSSR count). The standard InChI is InChI=1S/C43H64N4O7/c1-24-33-18-29(43(33,6)7)19-34(24)45-41(51)37-36(25(2)49)35(23-48)54-47(37)21-27-12-11-13-31(38(27)52-10)28-16-26-14-15-53-39(26)32(17-28)40(50)44-30(22-46(8)9)20-42(3,4)5/h11-13,16-17,24-25,29-30,33-37,48-49H,14-15,18-23H2,1-10H3,(H,44,50)(H,45,51)/t24-,25-,29-,30-,33+,34?,35-,36+,37-/m0/s1. The number of benzene rings is 2. The second kappa shape index (κ2) is 15.7. The van der Waals surface area contributed by atoms with Crippen molar-refractivity contribution in [1.82, 2.24) is 20.6 Å². The summed E-state index contributed by atoms with van der Waals surface area (Å²) in [6.45, 7) is 16.2. The fraction of sp³-hybridized carbons (Fsp3) is 0.674. The second-order valence-electron chi connectivity index (χ2n) is 18.5. The largest absolute Gasteiger partial charge is 0.496 e. The summed E-state index contributed by atoms with van der Waals surface area (Å²) in [4.78, 5) is 36.7. The summed E-state index contributed by atoms with van der Waals surface area (Å²) in [5, 5.41) is 29.6. The number of carbonyl (C=O) groups excluding carboxylic acids is 2. The van der Waals surface area contributed by atoms with Crippen molar-refractivity contribution in [3.05, 3.63) is 47.0 Å². The summed E-state index contributed by atoms with van der Waals surface area (Å²) in [6.07, 6.45) is 2.00. The Morgan fingerprint density at radius 2 is 1.91 bits per heavy atom. The maximum Gasteiger partial charge on any atom is 0.255 e. The van der Waals surface area contributed by atoms with E-state index in [0.29, 0.717) is 54.4 Å². The lowest BCUT2D eigenvalue weighted by Gasteiger charge is -2.62. The van der Waals surface area contributed by atoms with E-state index in [-0.39, 0.29) is 47.9 Å². The maximum atomic E-state index is 14.3. The van der Waals surface area contributed by atoms with Crippen molar-refractivity contribution in [3.8, 4) is 22.6 Å². The monoisotopic (exact) mass is 748 g/mol. The number of carbonyl (C=O) groups is 2. The van der Waals surface area contributed by atoms with Crippen LogP contribution in [0.3, 0.4) is 0 Å². The summed E-state index contributed by atoms with van der Waals surface area (Å²) < 4.78 is 12.1. The number of fused-ring (bicyclic) bond motifs is 3. The van der Waals surface area contributed by atoms with Crippen LogP contribution in [0.15, 0.2) is 30.3 Å². The van der Waals surface area contributed by atoms with Crippen LogP contribution in [0.2, 0.25) is 0 Å².